The third-order valence-electron chi connectivity index (χ3n) is 3.39. The molecular formula is C15H21BrN2. The van der Waals surface area contributed by atoms with E-state index < -0.39 is 0 Å². The average molecular weight is 309 g/mol. The number of hydrogen-bond acceptors (Lipinski definition) is 2. The van der Waals surface area contributed by atoms with Crippen molar-refractivity contribution < 1.29 is 0 Å². The van der Waals surface area contributed by atoms with E-state index in [-0.39, 0.29) is 0 Å². The van der Waals surface area contributed by atoms with Crippen LogP contribution >= 0.6 is 15.9 Å². The van der Waals surface area contributed by atoms with Crippen LogP contribution in [0.15, 0.2) is 40.9 Å². The topological polar surface area (TPSA) is 15.3 Å². The first-order valence-corrected chi connectivity index (χ1v) is 7.31. The van der Waals surface area contributed by atoms with E-state index in [4.69, 9.17) is 0 Å². The van der Waals surface area contributed by atoms with E-state index in [1.54, 1.807) is 0 Å². The maximum absolute atomic E-state index is 4.08. The zero-order valence-electron chi connectivity index (χ0n) is 11.0. The molecule has 1 aliphatic rings. The minimum absolute atomic E-state index is 0.470. The van der Waals surface area contributed by atoms with Gasteiger partial charge in [0.05, 0.1) is 0 Å². The second-order valence-electron chi connectivity index (χ2n) is 5.01. The Labute approximate surface area is 118 Å². The molecule has 1 heterocycles. The van der Waals surface area contributed by atoms with Crippen molar-refractivity contribution in [2.45, 2.75) is 19.4 Å². The van der Waals surface area contributed by atoms with Gasteiger partial charge in [0.25, 0.3) is 0 Å². The molecule has 1 atom stereocenters. The first kappa shape index (κ1) is 13.8. The fourth-order valence-corrected chi connectivity index (χ4v) is 2.73. The van der Waals surface area contributed by atoms with E-state index in [2.05, 4.69) is 63.9 Å². The Balaban J connectivity index is 2.17. The van der Waals surface area contributed by atoms with Crippen molar-refractivity contribution >= 4 is 15.9 Å². The summed E-state index contributed by atoms with van der Waals surface area (Å²) in [5.41, 5.74) is 2.64. The molecule has 3 heteroatoms. The van der Waals surface area contributed by atoms with Gasteiger partial charge in [-0.15, -0.1) is 6.58 Å². The highest BCUT2D eigenvalue weighted by atomic mass is 79.9. The Morgan fingerprint density at radius 1 is 1.33 bits per heavy atom. The Bertz CT molecular complexity index is 393. The van der Waals surface area contributed by atoms with Gasteiger partial charge in [0, 0.05) is 36.7 Å². The van der Waals surface area contributed by atoms with Crippen LogP contribution in [0.4, 0.5) is 0 Å². The number of piperazine rings is 1. The molecule has 2 nitrogen and oxygen atoms in total. The Morgan fingerprint density at radius 3 is 2.50 bits per heavy atom. The van der Waals surface area contributed by atoms with E-state index in [0.29, 0.717) is 6.04 Å². The first-order chi connectivity index (χ1) is 8.66. The monoisotopic (exact) mass is 308 g/mol. The maximum atomic E-state index is 4.08. The molecule has 0 unspecified atom stereocenters. The summed E-state index contributed by atoms with van der Waals surface area (Å²) in [5, 5.41) is 3.41. The van der Waals surface area contributed by atoms with E-state index in [0.717, 1.165) is 37.1 Å². The molecule has 98 valence electrons. The molecule has 0 saturated carbocycles. The molecule has 0 aliphatic carbocycles. The standard InChI is InChI=1S/C15H21BrN2/c1-12(2)11-15(18-9-7-17-8-10-18)13-3-5-14(16)6-4-13/h3-6,15,17H,1,7-11H2,2H3/t15-/m0/s1. The van der Waals surface area contributed by atoms with Crippen LogP contribution in [0.1, 0.15) is 24.9 Å². The van der Waals surface area contributed by atoms with Gasteiger partial charge in [-0.25, -0.2) is 0 Å². The summed E-state index contributed by atoms with van der Waals surface area (Å²) in [6.45, 7) is 10.6. The van der Waals surface area contributed by atoms with Gasteiger partial charge in [-0.3, -0.25) is 4.90 Å². The van der Waals surface area contributed by atoms with Crippen LogP contribution in [-0.2, 0) is 0 Å². The smallest absolute Gasteiger partial charge is 0.0386 e. The van der Waals surface area contributed by atoms with E-state index >= 15 is 0 Å². The fraction of sp³-hybridized carbons (Fsp3) is 0.467. The number of hydrogen-bond donors (Lipinski definition) is 1. The molecule has 1 saturated heterocycles. The molecule has 0 radical (unpaired) electrons. The van der Waals surface area contributed by atoms with Crippen molar-refractivity contribution in [3.05, 3.63) is 46.5 Å². The molecule has 1 N–H and O–H groups in total. The Hall–Kier alpha value is -0.640. The summed E-state index contributed by atoms with van der Waals surface area (Å²) in [4.78, 5) is 2.56. The van der Waals surface area contributed by atoms with E-state index in [1.165, 1.54) is 11.1 Å². The summed E-state index contributed by atoms with van der Waals surface area (Å²) in [6, 6.07) is 9.17. The van der Waals surface area contributed by atoms with Gasteiger partial charge < -0.3 is 5.32 Å². The lowest BCUT2D eigenvalue weighted by Crippen LogP contribution is -2.45. The molecule has 1 aromatic carbocycles. The molecule has 0 aromatic heterocycles. The molecule has 1 aliphatic heterocycles. The predicted octanol–water partition coefficient (Wildman–Crippen LogP) is 3.36. The van der Waals surface area contributed by atoms with Crippen LogP contribution in [0, 0.1) is 0 Å². The fourth-order valence-electron chi connectivity index (χ4n) is 2.47. The van der Waals surface area contributed by atoms with Crippen LogP contribution in [0.25, 0.3) is 0 Å². The lowest BCUT2D eigenvalue weighted by molar-refractivity contribution is 0.172. The van der Waals surface area contributed by atoms with Crippen LogP contribution < -0.4 is 5.32 Å². The lowest BCUT2D eigenvalue weighted by Gasteiger charge is -2.35. The number of nitrogens with one attached hydrogen (secondary N) is 1. The highest BCUT2D eigenvalue weighted by molar-refractivity contribution is 9.10. The zero-order chi connectivity index (χ0) is 13.0. The molecule has 2 rings (SSSR count). The first-order valence-electron chi connectivity index (χ1n) is 6.51. The molecular weight excluding hydrogens is 288 g/mol. The minimum atomic E-state index is 0.470. The van der Waals surface area contributed by atoms with Gasteiger partial charge in [0.2, 0.25) is 0 Å². The van der Waals surface area contributed by atoms with Crippen molar-refractivity contribution in [3.63, 3.8) is 0 Å². The maximum Gasteiger partial charge on any atom is 0.0386 e. The van der Waals surface area contributed by atoms with Gasteiger partial charge in [-0.05, 0) is 31.0 Å². The third-order valence-corrected chi connectivity index (χ3v) is 3.92. The molecule has 1 fully saturated rings. The van der Waals surface area contributed by atoms with Crippen molar-refractivity contribution in [1.82, 2.24) is 10.2 Å². The lowest BCUT2D eigenvalue weighted by atomic mass is 9.98. The third kappa shape index (κ3) is 3.67. The highest BCUT2D eigenvalue weighted by Gasteiger charge is 2.21. The summed E-state index contributed by atoms with van der Waals surface area (Å²) in [6.07, 6.45) is 1.04. The van der Waals surface area contributed by atoms with Crippen LogP contribution in [0.2, 0.25) is 0 Å². The van der Waals surface area contributed by atoms with Crippen molar-refractivity contribution in [2.75, 3.05) is 26.2 Å². The second kappa shape index (κ2) is 6.50. The summed E-state index contributed by atoms with van der Waals surface area (Å²) in [5.74, 6) is 0. The largest absolute Gasteiger partial charge is 0.314 e. The van der Waals surface area contributed by atoms with Crippen LogP contribution in [0.3, 0.4) is 0 Å². The van der Waals surface area contributed by atoms with Gasteiger partial charge in [-0.2, -0.15) is 0 Å². The summed E-state index contributed by atoms with van der Waals surface area (Å²) in [7, 11) is 0. The van der Waals surface area contributed by atoms with E-state index in [1.807, 2.05) is 0 Å². The van der Waals surface area contributed by atoms with Gasteiger partial charge in [0.1, 0.15) is 0 Å². The number of halogens is 1. The van der Waals surface area contributed by atoms with Crippen LogP contribution in [0.5, 0.6) is 0 Å². The van der Waals surface area contributed by atoms with Crippen molar-refractivity contribution in [1.29, 1.82) is 0 Å². The molecule has 0 bridgehead atoms. The van der Waals surface area contributed by atoms with Crippen molar-refractivity contribution in [2.24, 2.45) is 0 Å². The Kier molecular flexibility index (Phi) is 4.98. The average Bonchev–Trinajstić information content (AvgIpc) is 2.38. The summed E-state index contributed by atoms with van der Waals surface area (Å²) < 4.78 is 1.14. The normalized spacial score (nSPS) is 18.6. The molecule has 0 spiro atoms. The molecule has 1 aromatic rings. The van der Waals surface area contributed by atoms with Crippen LogP contribution in [-0.4, -0.2) is 31.1 Å². The number of rotatable bonds is 4. The SMILES string of the molecule is C=C(C)C[C@@H](c1ccc(Br)cc1)N1CCNCC1. The van der Waals surface area contributed by atoms with Crippen molar-refractivity contribution in [3.8, 4) is 0 Å². The predicted molar refractivity (Wildman–Crippen MR) is 80.8 cm³/mol. The highest BCUT2D eigenvalue weighted by Crippen LogP contribution is 2.28. The summed E-state index contributed by atoms with van der Waals surface area (Å²) >= 11 is 3.50. The number of nitrogens with zero attached hydrogens (tertiary/aromatic N) is 1. The van der Waals surface area contributed by atoms with Gasteiger partial charge in [0.15, 0.2) is 0 Å². The second-order valence-corrected chi connectivity index (χ2v) is 5.93. The van der Waals surface area contributed by atoms with E-state index in [9.17, 15) is 0 Å². The molecule has 0 amide bonds. The molecule has 18 heavy (non-hydrogen) atoms. The Morgan fingerprint density at radius 2 is 1.94 bits per heavy atom. The quantitative estimate of drug-likeness (QED) is 0.858. The number of benzene rings is 1. The zero-order valence-corrected chi connectivity index (χ0v) is 12.5. The minimum Gasteiger partial charge on any atom is -0.314 e. The van der Waals surface area contributed by atoms with Gasteiger partial charge >= 0.3 is 0 Å². The van der Waals surface area contributed by atoms with Gasteiger partial charge in [-0.1, -0.05) is 33.6 Å².